The first kappa shape index (κ1) is 19.5. The second-order valence-corrected chi connectivity index (χ2v) is 6.06. The van der Waals surface area contributed by atoms with Crippen LogP contribution in [0.15, 0.2) is 36.6 Å². The Balaban J connectivity index is 2.90. The first-order valence-corrected chi connectivity index (χ1v) is 8.55. The molecular formula is C19H32N2O2. The predicted molar refractivity (Wildman–Crippen MR) is 96.2 cm³/mol. The van der Waals surface area contributed by atoms with E-state index in [1.54, 1.807) is 7.11 Å². The molecule has 4 nitrogen and oxygen atoms in total. The molecule has 0 saturated carbocycles. The van der Waals surface area contributed by atoms with Gasteiger partial charge in [-0.15, -0.1) is 0 Å². The number of carbonyl (C=O) groups is 1. The number of carbonyl (C=O) groups excluding carboxylic acids is 1. The van der Waals surface area contributed by atoms with Gasteiger partial charge in [0.15, 0.2) is 0 Å². The number of likely N-dealkylation sites (N-methyl/N-ethyl adjacent to an activating group) is 1. The van der Waals surface area contributed by atoms with Crippen LogP contribution in [0.5, 0.6) is 0 Å². The minimum absolute atomic E-state index is 0.0230. The summed E-state index contributed by atoms with van der Waals surface area (Å²) in [4.78, 5) is 16.1. The molecule has 0 aromatic heterocycles. The van der Waals surface area contributed by atoms with E-state index in [1.165, 1.54) is 17.3 Å². The van der Waals surface area contributed by atoms with Gasteiger partial charge in [-0.1, -0.05) is 20.1 Å². The SMILES string of the molecule is C=CC(=O)N1CCC(N(CC)/C(C=C)=C(\C)CC(CC)OC)C1. The van der Waals surface area contributed by atoms with E-state index in [-0.39, 0.29) is 12.0 Å². The normalized spacial score (nSPS) is 20.0. The van der Waals surface area contributed by atoms with Crippen LogP contribution in [0, 0.1) is 0 Å². The molecule has 130 valence electrons. The third-order valence-corrected chi connectivity index (χ3v) is 4.69. The third-order valence-electron chi connectivity index (χ3n) is 4.69. The maximum Gasteiger partial charge on any atom is 0.246 e. The van der Waals surface area contributed by atoms with Crippen molar-refractivity contribution in [3.8, 4) is 0 Å². The fourth-order valence-corrected chi connectivity index (χ4v) is 3.33. The summed E-state index contributed by atoms with van der Waals surface area (Å²) in [5, 5.41) is 0. The second-order valence-electron chi connectivity index (χ2n) is 6.06. The molecule has 1 aliphatic rings. The van der Waals surface area contributed by atoms with Crippen molar-refractivity contribution in [2.75, 3.05) is 26.7 Å². The molecule has 0 spiro atoms. The fraction of sp³-hybridized carbons (Fsp3) is 0.632. The van der Waals surface area contributed by atoms with E-state index in [4.69, 9.17) is 4.74 Å². The number of rotatable bonds is 9. The average molecular weight is 320 g/mol. The van der Waals surface area contributed by atoms with Gasteiger partial charge in [0.2, 0.25) is 5.91 Å². The van der Waals surface area contributed by atoms with Crippen molar-refractivity contribution in [2.24, 2.45) is 0 Å². The van der Waals surface area contributed by atoms with Gasteiger partial charge >= 0.3 is 0 Å². The largest absolute Gasteiger partial charge is 0.381 e. The Kier molecular flexibility index (Phi) is 8.10. The molecule has 1 rings (SSSR count). The lowest BCUT2D eigenvalue weighted by molar-refractivity contribution is -0.125. The lowest BCUT2D eigenvalue weighted by atomic mass is 10.0. The Bertz CT molecular complexity index is 452. The molecule has 1 heterocycles. The molecule has 0 aromatic rings. The third kappa shape index (κ3) is 4.96. The Morgan fingerprint density at radius 3 is 2.57 bits per heavy atom. The summed E-state index contributed by atoms with van der Waals surface area (Å²) in [6, 6.07) is 0.342. The fourth-order valence-electron chi connectivity index (χ4n) is 3.33. The molecule has 1 saturated heterocycles. The highest BCUT2D eigenvalue weighted by molar-refractivity contribution is 5.87. The highest BCUT2D eigenvalue weighted by atomic mass is 16.5. The van der Waals surface area contributed by atoms with Crippen LogP contribution in [0.3, 0.4) is 0 Å². The molecule has 2 atom stereocenters. The summed E-state index contributed by atoms with van der Waals surface area (Å²) >= 11 is 0. The maximum atomic E-state index is 11.8. The summed E-state index contributed by atoms with van der Waals surface area (Å²) in [6.45, 7) is 16.5. The molecule has 23 heavy (non-hydrogen) atoms. The summed E-state index contributed by atoms with van der Waals surface area (Å²) in [6.07, 6.45) is 6.48. The van der Waals surface area contributed by atoms with Crippen molar-refractivity contribution < 1.29 is 9.53 Å². The molecule has 0 radical (unpaired) electrons. The van der Waals surface area contributed by atoms with E-state index in [9.17, 15) is 4.79 Å². The zero-order chi connectivity index (χ0) is 17.4. The topological polar surface area (TPSA) is 32.8 Å². The molecule has 1 amide bonds. The van der Waals surface area contributed by atoms with Gasteiger partial charge in [0.05, 0.1) is 6.10 Å². The van der Waals surface area contributed by atoms with Crippen LogP contribution in [0.2, 0.25) is 0 Å². The smallest absolute Gasteiger partial charge is 0.246 e. The Hall–Kier alpha value is -1.55. The molecule has 0 aromatic carbocycles. The van der Waals surface area contributed by atoms with Crippen LogP contribution < -0.4 is 0 Å². The van der Waals surface area contributed by atoms with Gasteiger partial charge in [0.25, 0.3) is 0 Å². The molecule has 0 N–H and O–H groups in total. The number of allylic oxidation sites excluding steroid dienone is 1. The minimum atomic E-state index is 0.0230. The van der Waals surface area contributed by atoms with Crippen molar-refractivity contribution >= 4 is 5.91 Å². The predicted octanol–water partition coefficient (Wildman–Crippen LogP) is 3.37. The minimum Gasteiger partial charge on any atom is -0.381 e. The number of nitrogens with zero attached hydrogens (tertiary/aromatic N) is 2. The summed E-state index contributed by atoms with van der Waals surface area (Å²) in [5.74, 6) is 0.0230. The number of hydrogen-bond acceptors (Lipinski definition) is 3. The Morgan fingerprint density at radius 1 is 1.39 bits per heavy atom. The van der Waals surface area contributed by atoms with Gasteiger partial charge in [-0.2, -0.15) is 0 Å². The van der Waals surface area contributed by atoms with Gasteiger partial charge in [-0.05, 0) is 50.8 Å². The number of ether oxygens (including phenoxy) is 1. The van der Waals surface area contributed by atoms with Crippen LogP contribution >= 0.6 is 0 Å². The molecule has 1 aliphatic heterocycles. The average Bonchev–Trinajstić information content (AvgIpc) is 3.05. The first-order chi connectivity index (χ1) is 11.0. The summed E-state index contributed by atoms with van der Waals surface area (Å²) < 4.78 is 5.52. The highest BCUT2D eigenvalue weighted by Crippen LogP contribution is 2.25. The Morgan fingerprint density at radius 2 is 2.09 bits per heavy atom. The van der Waals surface area contributed by atoms with E-state index < -0.39 is 0 Å². The monoisotopic (exact) mass is 320 g/mol. The lowest BCUT2D eigenvalue weighted by Crippen LogP contribution is -2.38. The number of amides is 1. The summed E-state index contributed by atoms with van der Waals surface area (Å²) in [5.41, 5.74) is 2.48. The van der Waals surface area contributed by atoms with E-state index in [1.807, 2.05) is 11.0 Å². The van der Waals surface area contributed by atoms with Crippen LogP contribution in [-0.4, -0.2) is 54.6 Å². The van der Waals surface area contributed by atoms with Crippen molar-refractivity contribution in [1.29, 1.82) is 0 Å². The second kappa shape index (κ2) is 9.56. The number of likely N-dealkylation sites (tertiary alicyclic amines) is 1. The molecule has 0 aliphatic carbocycles. The first-order valence-electron chi connectivity index (χ1n) is 8.55. The lowest BCUT2D eigenvalue weighted by Gasteiger charge is -2.33. The van der Waals surface area contributed by atoms with Crippen LogP contribution in [0.1, 0.15) is 40.0 Å². The maximum absolute atomic E-state index is 11.8. The van der Waals surface area contributed by atoms with E-state index >= 15 is 0 Å². The van der Waals surface area contributed by atoms with Gasteiger partial charge < -0.3 is 14.5 Å². The van der Waals surface area contributed by atoms with E-state index in [0.717, 1.165) is 38.9 Å². The molecule has 2 unspecified atom stereocenters. The van der Waals surface area contributed by atoms with Gasteiger partial charge in [0, 0.05) is 38.5 Å². The van der Waals surface area contributed by atoms with Crippen molar-refractivity contribution in [3.05, 3.63) is 36.6 Å². The van der Waals surface area contributed by atoms with Crippen molar-refractivity contribution in [2.45, 2.75) is 52.2 Å². The van der Waals surface area contributed by atoms with E-state index in [0.29, 0.717) is 6.04 Å². The van der Waals surface area contributed by atoms with Crippen LogP contribution in [0.4, 0.5) is 0 Å². The van der Waals surface area contributed by atoms with Crippen LogP contribution in [0.25, 0.3) is 0 Å². The number of methoxy groups -OCH3 is 1. The Labute approximate surface area is 141 Å². The highest BCUT2D eigenvalue weighted by Gasteiger charge is 2.29. The van der Waals surface area contributed by atoms with E-state index in [2.05, 4.69) is 38.8 Å². The standard InChI is InChI=1S/C19H32N2O2/c1-7-17(23-6)13-15(5)18(8-2)21(10-4)16-11-12-20(14-16)19(22)9-3/h8-9,16-17H,2-3,7,10-14H2,1,4-6H3/b18-15+. The van der Waals surface area contributed by atoms with Crippen molar-refractivity contribution in [1.82, 2.24) is 9.80 Å². The molecule has 4 heteroatoms. The van der Waals surface area contributed by atoms with Crippen molar-refractivity contribution in [3.63, 3.8) is 0 Å². The van der Waals surface area contributed by atoms with Crippen LogP contribution in [-0.2, 0) is 9.53 Å². The zero-order valence-electron chi connectivity index (χ0n) is 15.2. The quantitative estimate of drug-likeness (QED) is 0.482. The molecular weight excluding hydrogens is 288 g/mol. The van der Waals surface area contributed by atoms with Gasteiger partial charge in [-0.3, -0.25) is 4.79 Å². The molecule has 1 fully saturated rings. The molecule has 0 bridgehead atoms. The zero-order valence-corrected chi connectivity index (χ0v) is 15.2. The van der Waals surface area contributed by atoms with Gasteiger partial charge in [-0.25, -0.2) is 0 Å². The summed E-state index contributed by atoms with van der Waals surface area (Å²) in [7, 11) is 1.77. The van der Waals surface area contributed by atoms with Gasteiger partial charge in [0.1, 0.15) is 0 Å². The number of hydrogen-bond donors (Lipinski definition) is 0.